The lowest BCUT2D eigenvalue weighted by Gasteiger charge is -2.23. The average molecular weight is 303 g/mol. The van der Waals surface area contributed by atoms with E-state index in [0.717, 1.165) is 32.2 Å². The van der Waals surface area contributed by atoms with Gasteiger partial charge in [0.1, 0.15) is 0 Å². The quantitative estimate of drug-likeness (QED) is 0.671. The van der Waals surface area contributed by atoms with Crippen LogP contribution >= 0.6 is 0 Å². The van der Waals surface area contributed by atoms with Crippen LogP contribution < -0.4 is 5.32 Å². The number of benzene rings is 1. The molecule has 1 aromatic carbocycles. The van der Waals surface area contributed by atoms with Gasteiger partial charge in [-0.3, -0.25) is 4.99 Å². The van der Waals surface area contributed by atoms with Crippen LogP contribution in [-0.4, -0.2) is 51.3 Å². The summed E-state index contributed by atoms with van der Waals surface area (Å²) < 4.78 is 5.27. The Hall–Kier alpha value is -1.55. The number of likely N-dealkylation sites (tertiary alicyclic amines) is 1. The first-order valence-electron chi connectivity index (χ1n) is 8.15. The van der Waals surface area contributed by atoms with Crippen LogP contribution in [0.1, 0.15) is 30.4 Å². The van der Waals surface area contributed by atoms with E-state index in [9.17, 15) is 0 Å². The lowest BCUT2D eigenvalue weighted by molar-refractivity contribution is 0.157. The third kappa shape index (κ3) is 4.47. The molecule has 1 aromatic rings. The smallest absolute Gasteiger partial charge is 0.193 e. The zero-order chi connectivity index (χ0) is 15.9. The highest BCUT2D eigenvalue weighted by Gasteiger charge is 2.24. The first kappa shape index (κ1) is 16.8. The fraction of sp³-hybridized carbons (Fsp3) is 0.611. The fourth-order valence-electron chi connectivity index (χ4n) is 3.07. The molecule has 22 heavy (non-hydrogen) atoms. The van der Waals surface area contributed by atoms with Crippen molar-refractivity contribution in [3.05, 3.63) is 35.4 Å². The molecule has 1 aliphatic rings. The summed E-state index contributed by atoms with van der Waals surface area (Å²) in [7, 11) is 3.64. The van der Waals surface area contributed by atoms with Gasteiger partial charge >= 0.3 is 0 Å². The van der Waals surface area contributed by atoms with E-state index in [1.165, 1.54) is 17.5 Å². The van der Waals surface area contributed by atoms with Gasteiger partial charge in [-0.05, 0) is 24.8 Å². The molecule has 1 heterocycles. The predicted octanol–water partition coefficient (Wildman–Crippen LogP) is 2.64. The van der Waals surface area contributed by atoms with Crippen LogP contribution in [0.4, 0.5) is 0 Å². The lowest BCUT2D eigenvalue weighted by atomic mass is 9.99. The Bertz CT molecular complexity index is 501. The van der Waals surface area contributed by atoms with Crippen LogP contribution in [0.15, 0.2) is 29.3 Å². The summed E-state index contributed by atoms with van der Waals surface area (Å²) in [5, 5.41) is 3.53. The first-order chi connectivity index (χ1) is 10.6. The van der Waals surface area contributed by atoms with E-state index in [2.05, 4.69) is 53.3 Å². The predicted molar refractivity (Wildman–Crippen MR) is 92.5 cm³/mol. The highest BCUT2D eigenvalue weighted by atomic mass is 16.5. The highest BCUT2D eigenvalue weighted by Crippen LogP contribution is 2.18. The minimum absolute atomic E-state index is 0.467. The van der Waals surface area contributed by atoms with Crippen molar-refractivity contribution >= 4 is 5.96 Å². The number of aryl methyl sites for hydroxylation is 1. The van der Waals surface area contributed by atoms with E-state index in [1.807, 2.05) is 7.05 Å². The van der Waals surface area contributed by atoms with Crippen molar-refractivity contribution in [2.45, 2.75) is 26.2 Å². The van der Waals surface area contributed by atoms with Gasteiger partial charge in [0.25, 0.3) is 0 Å². The number of guanidine groups is 1. The van der Waals surface area contributed by atoms with Crippen molar-refractivity contribution in [1.29, 1.82) is 0 Å². The molecule has 2 unspecified atom stereocenters. The molecular formula is C18H29N3O. The second-order valence-corrected chi connectivity index (χ2v) is 6.30. The summed E-state index contributed by atoms with van der Waals surface area (Å²) in [5.74, 6) is 2.10. The van der Waals surface area contributed by atoms with E-state index in [1.54, 1.807) is 7.11 Å². The maximum Gasteiger partial charge on any atom is 0.193 e. The summed E-state index contributed by atoms with van der Waals surface area (Å²) in [5.41, 5.74) is 2.69. The Labute approximate surface area is 134 Å². The summed E-state index contributed by atoms with van der Waals surface area (Å²) in [6.45, 7) is 8.24. The SMILES string of the molecule is CN=C(NCC(C)c1cccc(C)c1)N1CCC(COC)C1. The molecule has 0 spiro atoms. The molecule has 4 heteroatoms. The van der Waals surface area contributed by atoms with Gasteiger partial charge in [-0.2, -0.15) is 0 Å². The molecule has 0 amide bonds. The molecule has 2 atom stereocenters. The monoisotopic (exact) mass is 303 g/mol. The Kier molecular flexibility index (Phi) is 6.25. The van der Waals surface area contributed by atoms with Crippen LogP contribution in [0.2, 0.25) is 0 Å². The van der Waals surface area contributed by atoms with Crippen LogP contribution in [0.25, 0.3) is 0 Å². The van der Waals surface area contributed by atoms with Crippen LogP contribution in [0.5, 0.6) is 0 Å². The minimum atomic E-state index is 0.467. The number of ether oxygens (including phenoxy) is 1. The Balaban J connectivity index is 1.86. The van der Waals surface area contributed by atoms with E-state index in [-0.39, 0.29) is 0 Å². The summed E-state index contributed by atoms with van der Waals surface area (Å²) >= 11 is 0. The van der Waals surface area contributed by atoms with Gasteiger partial charge in [0, 0.05) is 39.7 Å². The second kappa shape index (κ2) is 8.18. The van der Waals surface area contributed by atoms with Crippen molar-refractivity contribution < 1.29 is 4.74 Å². The molecule has 0 radical (unpaired) electrons. The Morgan fingerprint density at radius 2 is 2.32 bits per heavy atom. The van der Waals surface area contributed by atoms with Gasteiger partial charge in [-0.15, -0.1) is 0 Å². The van der Waals surface area contributed by atoms with Crippen LogP contribution in [0.3, 0.4) is 0 Å². The molecular weight excluding hydrogens is 274 g/mol. The molecule has 1 N–H and O–H groups in total. The Morgan fingerprint density at radius 3 is 3.00 bits per heavy atom. The molecule has 1 saturated heterocycles. The van der Waals surface area contributed by atoms with E-state index < -0.39 is 0 Å². The molecule has 4 nitrogen and oxygen atoms in total. The number of nitrogens with zero attached hydrogens (tertiary/aromatic N) is 2. The van der Waals surface area contributed by atoms with Crippen molar-refractivity contribution in [3.8, 4) is 0 Å². The second-order valence-electron chi connectivity index (χ2n) is 6.30. The van der Waals surface area contributed by atoms with E-state index in [0.29, 0.717) is 11.8 Å². The standard InChI is InChI=1S/C18H29N3O/c1-14-6-5-7-17(10-14)15(2)11-20-18(19-3)21-9-8-16(12-21)13-22-4/h5-7,10,15-16H,8-9,11-13H2,1-4H3,(H,19,20). The molecule has 2 rings (SSSR count). The number of rotatable bonds is 5. The molecule has 1 aliphatic heterocycles. The molecule has 0 aromatic heterocycles. The normalized spacial score (nSPS) is 20.3. The largest absolute Gasteiger partial charge is 0.384 e. The van der Waals surface area contributed by atoms with Crippen molar-refractivity contribution in [1.82, 2.24) is 10.2 Å². The third-order valence-corrected chi connectivity index (χ3v) is 4.38. The number of methoxy groups -OCH3 is 1. The minimum Gasteiger partial charge on any atom is -0.384 e. The molecule has 0 bridgehead atoms. The fourth-order valence-corrected chi connectivity index (χ4v) is 3.07. The summed E-state index contributed by atoms with van der Waals surface area (Å²) in [6, 6.07) is 8.74. The van der Waals surface area contributed by atoms with Gasteiger partial charge in [0.05, 0.1) is 6.61 Å². The average Bonchev–Trinajstić information content (AvgIpc) is 2.96. The van der Waals surface area contributed by atoms with E-state index >= 15 is 0 Å². The topological polar surface area (TPSA) is 36.9 Å². The third-order valence-electron chi connectivity index (χ3n) is 4.38. The van der Waals surface area contributed by atoms with Gasteiger partial charge in [0.15, 0.2) is 5.96 Å². The van der Waals surface area contributed by atoms with Crippen molar-refractivity contribution in [2.24, 2.45) is 10.9 Å². The van der Waals surface area contributed by atoms with Gasteiger partial charge in [-0.25, -0.2) is 0 Å². The first-order valence-corrected chi connectivity index (χ1v) is 8.15. The van der Waals surface area contributed by atoms with Crippen LogP contribution in [0, 0.1) is 12.8 Å². The zero-order valence-electron chi connectivity index (χ0n) is 14.3. The molecule has 122 valence electrons. The highest BCUT2D eigenvalue weighted by molar-refractivity contribution is 5.80. The zero-order valence-corrected chi connectivity index (χ0v) is 14.3. The summed E-state index contributed by atoms with van der Waals surface area (Å²) in [6.07, 6.45) is 1.18. The maximum absolute atomic E-state index is 5.27. The lowest BCUT2D eigenvalue weighted by Crippen LogP contribution is -2.41. The maximum atomic E-state index is 5.27. The molecule has 0 saturated carbocycles. The number of hydrogen-bond acceptors (Lipinski definition) is 2. The number of nitrogens with one attached hydrogen (secondary N) is 1. The van der Waals surface area contributed by atoms with Crippen molar-refractivity contribution in [3.63, 3.8) is 0 Å². The van der Waals surface area contributed by atoms with E-state index in [4.69, 9.17) is 4.74 Å². The Morgan fingerprint density at radius 1 is 1.50 bits per heavy atom. The van der Waals surface area contributed by atoms with Gasteiger partial charge in [0.2, 0.25) is 0 Å². The number of hydrogen-bond donors (Lipinski definition) is 1. The molecule has 1 fully saturated rings. The van der Waals surface area contributed by atoms with Crippen LogP contribution in [-0.2, 0) is 4.74 Å². The number of aliphatic imine (C=N–C) groups is 1. The molecule has 0 aliphatic carbocycles. The van der Waals surface area contributed by atoms with Crippen molar-refractivity contribution in [2.75, 3.05) is 40.4 Å². The van der Waals surface area contributed by atoms with Gasteiger partial charge in [-0.1, -0.05) is 36.8 Å². The summed E-state index contributed by atoms with van der Waals surface area (Å²) in [4.78, 5) is 6.78. The van der Waals surface area contributed by atoms with Gasteiger partial charge < -0.3 is 15.0 Å².